The van der Waals surface area contributed by atoms with Crippen molar-refractivity contribution in [3.05, 3.63) is 65.5 Å². The van der Waals surface area contributed by atoms with Crippen LogP contribution >= 0.6 is 0 Å². The van der Waals surface area contributed by atoms with E-state index in [1.807, 2.05) is 38.1 Å². The number of carbonyl (C=O) groups excluding carboxylic acids is 2. The Morgan fingerprint density at radius 2 is 1.89 bits per heavy atom. The number of nitrogens with one attached hydrogen (secondary N) is 1. The van der Waals surface area contributed by atoms with E-state index < -0.39 is 11.6 Å². The molecule has 1 fully saturated rings. The maximum Gasteiger partial charge on any atom is 0.325 e. The maximum atomic E-state index is 13.4. The highest BCUT2D eigenvalue weighted by Crippen LogP contribution is 2.34. The summed E-state index contributed by atoms with van der Waals surface area (Å²) >= 11 is 0. The molecule has 0 bridgehead atoms. The van der Waals surface area contributed by atoms with Crippen molar-refractivity contribution in [2.24, 2.45) is 0 Å². The number of unbranched alkanes of at least 4 members (excludes halogenated alkanes) is 1. The van der Waals surface area contributed by atoms with Gasteiger partial charge in [-0.15, -0.1) is 0 Å². The fourth-order valence-electron chi connectivity index (χ4n) is 3.47. The molecule has 148 valence electrons. The number of benzene rings is 2. The quantitative estimate of drug-likeness (QED) is 0.696. The van der Waals surface area contributed by atoms with E-state index in [0.717, 1.165) is 18.4 Å². The van der Waals surface area contributed by atoms with Crippen molar-refractivity contribution in [1.29, 1.82) is 0 Å². The molecule has 1 atom stereocenters. The van der Waals surface area contributed by atoms with Gasteiger partial charge in [-0.25, -0.2) is 9.18 Å². The monoisotopic (exact) mass is 384 g/mol. The summed E-state index contributed by atoms with van der Waals surface area (Å²) in [6.07, 6.45) is 2.11. The number of ether oxygens (including phenoxy) is 1. The van der Waals surface area contributed by atoms with Crippen LogP contribution in [0.15, 0.2) is 48.5 Å². The van der Waals surface area contributed by atoms with Gasteiger partial charge in [0.2, 0.25) is 0 Å². The lowest BCUT2D eigenvalue weighted by molar-refractivity contribution is -0.132. The van der Waals surface area contributed by atoms with E-state index in [4.69, 9.17) is 4.74 Å². The van der Waals surface area contributed by atoms with Gasteiger partial charge < -0.3 is 10.1 Å². The Morgan fingerprint density at radius 1 is 1.14 bits per heavy atom. The van der Waals surface area contributed by atoms with Gasteiger partial charge in [-0.3, -0.25) is 9.69 Å². The number of hydrogen-bond donors (Lipinski definition) is 1. The average molecular weight is 384 g/mol. The zero-order valence-electron chi connectivity index (χ0n) is 16.2. The molecule has 1 heterocycles. The van der Waals surface area contributed by atoms with Crippen molar-refractivity contribution in [3.8, 4) is 5.75 Å². The number of carbonyl (C=O) groups is 2. The van der Waals surface area contributed by atoms with Crippen LogP contribution < -0.4 is 10.1 Å². The Hall–Kier alpha value is -2.89. The highest BCUT2D eigenvalue weighted by Gasteiger charge is 2.51. The van der Waals surface area contributed by atoms with Crippen LogP contribution in [0.1, 0.15) is 37.3 Å². The van der Waals surface area contributed by atoms with Crippen LogP contribution in [0.25, 0.3) is 0 Å². The summed E-state index contributed by atoms with van der Waals surface area (Å²) in [5.74, 6) is 0.00260. The minimum atomic E-state index is -1.15. The van der Waals surface area contributed by atoms with E-state index in [1.54, 1.807) is 12.1 Å². The smallest absolute Gasteiger partial charge is 0.325 e. The van der Waals surface area contributed by atoms with Gasteiger partial charge in [0, 0.05) is 0 Å². The normalized spacial score (nSPS) is 19.0. The summed E-state index contributed by atoms with van der Waals surface area (Å²) in [7, 11) is 0. The largest absolute Gasteiger partial charge is 0.492 e. The van der Waals surface area contributed by atoms with Gasteiger partial charge in [-0.2, -0.15) is 0 Å². The molecule has 6 heteroatoms. The Morgan fingerprint density at radius 3 is 2.57 bits per heavy atom. The van der Waals surface area contributed by atoms with Crippen molar-refractivity contribution < 1.29 is 18.7 Å². The summed E-state index contributed by atoms with van der Waals surface area (Å²) in [6.45, 7) is 4.34. The second-order valence-corrected chi connectivity index (χ2v) is 7.07. The first-order valence-corrected chi connectivity index (χ1v) is 9.56. The standard InChI is InChI=1S/C22H25FN2O3/c1-3-4-12-22(17-8-10-18(23)11-9-17)20(26)25(21(27)24-22)13-14-28-19-7-5-6-16(2)15-19/h5-11,15H,3-4,12-14H2,1-2H3,(H,24,27)/t22-/m1/s1. The third kappa shape index (κ3) is 4.01. The molecule has 0 aromatic heterocycles. The van der Waals surface area contributed by atoms with E-state index in [0.29, 0.717) is 17.7 Å². The summed E-state index contributed by atoms with van der Waals surface area (Å²) in [6, 6.07) is 12.9. The molecule has 1 saturated heterocycles. The predicted molar refractivity (Wildman–Crippen MR) is 105 cm³/mol. The Bertz CT molecular complexity index is 853. The van der Waals surface area contributed by atoms with Gasteiger partial charge in [0.25, 0.3) is 5.91 Å². The van der Waals surface area contributed by atoms with Crippen LogP contribution in [-0.2, 0) is 10.3 Å². The third-order valence-corrected chi connectivity index (χ3v) is 4.99. The average Bonchev–Trinajstić information content (AvgIpc) is 2.92. The van der Waals surface area contributed by atoms with E-state index in [-0.39, 0.29) is 24.9 Å². The topological polar surface area (TPSA) is 58.6 Å². The molecule has 5 nitrogen and oxygen atoms in total. The molecule has 2 aromatic carbocycles. The second-order valence-electron chi connectivity index (χ2n) is 7.07. The first-order valence-electron chi connectivity index (χ1n) is 9.56. The molecular formula is C22H25FN2O3. The molecule has 0 spiro atoms. The Balaban J connectivity index is 1.75. The number of imide groups is 1. The van der Waals surface area contributed by atoms with Crippen LogP contribution in [0, 0.1) is 12.7 Å². The van der Waals surface area contributed by atoms with E-state index in [2.05, 4.69) is 5.32 Å². The number of aryl methyl sites for hydroxylation is 1. The SMILES string of the molecule is CCCC[C@]1(c2ccc(F)cc2)NC(=O)N(CCOc2cccc(C)c2)C1=O. The molecule has 3 amide bonds. The summed E-state index contributed by atoms with van der Waals surface area (Å²) in [5.41, 5.74) is 0.523. The van der Waals surface area contributed by atoms with Crippen molar-refractivity contribution >= 4 is 11.9 Å². The van der Waals surface area contributed by atoms with Crippen molar-refractivity contribution in [2.45, 2.75) is 38.6 Å². The van der Waals surface area contributed by atoms with E-state index in [9.17, 15) is 14.0 Å². The molecule has 3 rings (SSSR count). The lowest BCUT2D eigenvalue weighted by Gasteiger charge is -2.27. The molecule has 0 radical (unpaired) electrons. The fraction of sp³-hybridized carbons (Fsp3) is 0.364. The van der Waals surface area contributed by atoms with Crippen molar-refractivity contribution in [2.75, 3.05) is 13.2 Å². The van der Waals surface area contributed by atoms with Crippen LogP contribution in [0.4, 0.5) is 9.18 Å². The molecule has 0 saturated carbocycles. The zero-order chi connectivity index (χ0) is 20.1. The van der Waals surface area contributed by atoms with Crippen molar-refractivity contribution in [1.82, 2.24) is 10.2 Å². The lowest BCUT2D eigenvalue weighted by Crippen LogP contribution is -2.44. The highest BCUT2D eigenvalue weighted by molar-refractivity contribution is 6.07. The Kier molecular flexibility index (Phi) is 5.97. The van der Waals surface area contributed by atoms with Crippen LogP contribution in [0.2, 0.25) is 0 Å². The van der Waals surface area contributed by atoms with Gasteiger partial charge in [0.05, 0.1) is 6.54 Å². The third-order valence-electron chi connectivity index (χ3n) is 4.99. The van der Waals surface area contributed by atoms with Crippen LogP contribution in [-0.4, -0.2) is 30.0 Å². The molecule has 0 unspecified atom stereocenters. The summed E-state index contributed by atoms with van der Waals surface area (Å²) in [4.78, 5) is 27.0. The van der Waals surface area contributed by atoms with Gasteiger partial charge in [0.1, 0.15) is 23.7 Å². The zero-order valence-corrected chi connectivity index (χ0v) is 16.2. The molecule has 1 aliphatic rings. The molecule has 1 aliphatic heterocycles. The predicted octanol–water partition coefficient (Wildman–Crippen LogP) is 4.15. The number of hydrogen-bond acceptors (Lipinski definition) is 3. The second kappa shape index (κ2) is 8.42. The highest BCUT2D eigenvalue weighted by atomic mass is 19.1. The van der Waals surface area contributed by atoms with Gasteiger partial charge in [0.15, 0.2) is 0 Å². The minimum absolute atomic E-state index is 0.147. The molecule has 0 aliphatic carbocycles. The summed E-state index contributed by atoms with van der Waals surface area (Å²) in [5, 5.41) is 2.86. The number of urea groups is 1. The molecule has 28 heavy (non-hydrogen) atoms. The first kappa shape index (κ1) is 19.9. The van der Waals surface area contributed by atoms with E-state index in [1.165, 1.54) is 17.0 Å². The van der Waals surface area contributed by atoms with Crippen molar-refractivity contribution in [3.63, 3.8) is 0 Å². The number of rotatable bonds is 8. The Labute approximate surface area is 164 Å². The number of halogens is 1. The first-order chi connectivity index (χ1) is 13.5. The van der Waals surface area contributed by atoms with Gasteiger partial charge in [-0.1, -0.05) is 44.0 Å². The van der Waals surface area contributed by atoms with Gasteiger partial charge >= 0.3 is 6.03 Å². The summed E-state index contributed by atoms with van der Waals surface area (Å²) < 4.78 is 19.1. The maximum absolute atomic E-state index is 13.4. The molecule has 1 N–H and O–H groups in total. The fourth-order valence-corrected chi connectivity index (χ4v) is 3.47. The molecule has 2 aromatic rings. The van der Waals surface area contributed by atoms with Crippen LogP contribution in [0.3, 0.4) is 0 Å². The van der Waals surface area contributed by atoms with Crippen LogP contribution in [0.5, 0.6) is 5.75 Å². The number of nitrogens with zero attached hydrogens (tertiary/aromatic N) is 1. The lowest BCUT2D eigenvalue weighted by atomic mass is 9.85. The van der Waals surface area contributed by atoms with Gasteiger partial charge in [-0.05, 0) is 48.7 Å². The molecular weight excluding hydrogens is 359 g/mol. The minimum Gasteiger partial charge on any atom is -0.492 e. The van der Waals surface area contributed by atoms with E-state index >= 15 is 0 Å². The number of amides is 3.